The zero-order valence-electron chi connectivity index (χ0n) is 8.06. The fourth-order valence-electron chi connectivity index (χ4n) is 2.01. The minimum absolute atomic E-state index is 0.537. The lowest BCUT2D eigenvalue weighted by Crippen LogP contribution is -2.26. The summed E-state index contributed by atoms with van der Waals surface area (Å²) in [6.45, 7) is 7.13. The van der Waals surface area contributed by atoms with Crippen LogP contribution in [0.1, 0.15) is 46.5 Å². The maximum absolute atomic E-state index is 2.99. The Bertz CT molecular complexity index is 123. The Morgan fingerprint density at radius 3 is 2.18 bits per heavy atom. The van der Waals surface area contributed by atoms with Crippen LogP contribution in [0.5, 0.6) is 0 Å². The largest absolute Gasteiger partial charge is 0.134 e. The molecule has 0 aromatic heterocycles. The first-order valence-corrected chi connectivity index (χ1v) is 5.42. The zero-order valence-corrected chi connectivity index (χ0v) is 9.22. The van der Waals surface area contributed by atoms with Gasteiger partial charge in [0.05, 0.1) is 0 Å². The predicted octanol–water partition coefficient (Wildman–Crippen LogP) is 3.47. The molecule has 0 nitrogen and oxygen atoms in total. The van der Waals surface area contributed by atoms with E-state index in [4.69, 9.17) is 0 Å². The molecular formula is C10H21P. The van der Waals surface area contributed by atoms with E-state index in [1.807, 2.05) is 0 Å². The summed E-state index contributed by atoms with van der Waals surface area (Å²) < 4.78 is 0. The number of hydrogen-bond acceptors (Lipinski definition) is 0. The highest BCUT2D eigenvalue weighted by molar-refractivity contribution is 7.17. The smallest absolute Gasteiger partial charge is 0.0261 e. The van der Waals surface area contributed by atoms with Gasteiger partial charge in [-0.25, -0.2) is 0 Å². The van der Waals surface area contributed by atoms with Gasteiger partial charge < -0.3 is 0 Å². The van der Waals surface area contributed by atoms with Gasteiger partial charge in [0.15, 0.2) is 0 Å². The Morgan fingerprint density at radius 1 is 1.18 bits per heavy atom. The van der Waals surface area contributed by atoms with Crippen LogP contribution in [0, 0.1) is 11.3 Å². The molecule has 1 fully saturated rings. The summed E-state index contributed by atoms with van der Waals surface area (Å²) in [6.07, 6.45) is 5.75. The Hall–Kier alpha value is 0.430. The van der Waals surface area contributed by atoms with E-state index >= 15 is 0 Å². The molecule has 11 heavy (non-hydrogen) atoms. The van der Waals surface area contributed by atoms with Gasteiger partial charge in [0.1, 0.15) is 0 Å². The van der Waals surface area contributed by atoms with Crippen molar-refractivity contribution in [2.45, 2.75) is 52.1 Å². The van der Waals surface area contributed by atoms with E-state index < -0.39 is 0 Å². The summed E-state index contributed by atoms with van der Waals surface area (Å²) in [4.78, 5) is 0. The molecule has 0 saturated heterocycles. The van der Waals surface area contributed by atoms with Gasteiger partial charge in [-0.15, -0.1) is 9.24 Å². The molecule has 0 aliphatic heterocycles. The predicted molar refractivity (Wildman–Crippen MR) is 54.9 cm³/mol. The highest BCUT2D eigenvalue weighted by atomic mass is 31.0. The molecule has 1 aliphatic carbocycles. The fraction of sp³-hybridized carbons (Fsp3) is 1.00. The van der Waals surface area contributed by atoms with Crippen molar-refractivity contribution in [3.05, 3.63) is 0 Å². The normalized spacial score (nSPS) is 33.8. The summed E-state index contributed by atoms with van der Waals surface area (Å²) in [5.74, 6) is 0.957. The monoisotopic (exact) mass is 172 g/mol. The van der Waals surface area contributed by atoms with Gasteiger partial charge >= 0.3 is 0 Å². The van der Waals surface area contributed by atoms with Gasteiger partial charge in [-0.05, 0) is 36.3 Å². The minimum Gasteiger partial charge on any atom is -0.134 e. The second-order valence-electron chi connectivity index (χ2n) is 4.99. The highest BCUT2D eigenvalue weighted by Crippen LogP contribution is 2.39. The topological polar surface area (TPSA) is 0 Å². The molecule has 1 rings (SSSR count). The zero-order chi connectivity index (χ0) is 8.48. The molecule has 0 N–H and O–H groups in total. The summed E-state index contributed by atoms with van der Waals surface area (Å²) >= 11 is 0. The van der Waals surface area contributed by atoms with Crippen LogP contribution in [-0.4, -0.2) is 5.66 Å². The van der Waals surface area contributed by atoms with E-state index in [-0.39, 0.29) is 0 Å². The lowest BCUT2D eigenvalue weighted by molar-refractivity contribution is 0.183. The van der Waals surface area contributed by atoms with Crippen molar-refractivity contribution in [3.63, 3.8) is 0 Å². The van der Waals surface area contributed by atoms with E-state index in [9.17, 15) is 0 Å². The summed E-state index contributed by atoms with van der Waals surface area (Å²) in [7, 11) is 2.99. The molecule has 1 heteroatoms. The second kappa shape index (κ2) is 3.44. The van der Waals surface area contributed by atoms with Crippen LogP contribution in [0.4, 0.5) is 0 Å². The van der Waals surface area contributed by atoms with E-state index in [0.717, 1.165) is 11.6 Å². The molecule has 0 aromatic rings. The maximum atomic E-state index is 2.99. The van der Waals surface area contributed by atoms with Gasteiger partial charge in [-0.2, -0.15) is 0 Å². The molecule has 1 aliphatic rings. The third-order valence-corrected chi connectivity index (χ3v) is 3.55. The second-order valence-corrected chi connectivity index (χ2v) is 5.93. The van der Waals surface area contributed by atoms with Crippen LogP contribution >= 0.6 is 9.24 Å². The lowest BCUT2D eigenvalue weighted by atomic mass is 9.72. The third-order valence-electron chi connectivity index (χ3n) is 2.94. The summed E-state index contributed by atoms with van der Waals surface area (Å²) in [5, 5.41) is 0. The van der Waals surface area contributed by atoms with Crippen LogP contribution in [0.2, 0.25) is 0 Å². The molecule has 66 valence electrons. The van der Waals surface area contributed by atoms with Crippen molar-refractivity contribution in [1.82, 2.24) is 0 Å². The van der Waals surface area contributed by atoms with Crippen molar-refractivity contribution in [2.75, 3.05) is 0 Å². The quantitative estimate of drug-likeness (QED) is 0.491. The SMILES string of the molecule is CC(C)(C)C1CCCC(P)C1. The molecular weight excluding hydrogens is 151 g/mol. The van der Waals surface area contributed by atoms with Crippen molar-refractivity contribution in [2.24, 2.45) is 11.3 Å². The molecule has 0 spiro atoms. The maximum Gasteiger partial charge on any atom is -0.0261 e. The summed E-state index contributed by atoms with van der Waals surface area (Å²) in [5.41, 5.74) is 1.43. The van der Waals surface area contributed by atoms with Gasteiger partial charge in [0, 0.05) is 0 Å². The van der Waals surface area contributed by atoms with Crippen molar-refractivity contribution in [1.29, 1.82) is 0 Å². The van der Waals surface area contributed by atoms with Crippen LogP contribution < -0.4 is 0 Å². The average molecular weight is 172 g/mol. The van der Waals surface area contributed by atoms with Gasteiger partial charge in [-0.3, -0.25) is 0 Å². The van der Waals surface area contributed by atoms with Crippen LogP contribution in [0.25, 0.3) is 0 Å². The van der Waals surface area contributed by atoms with E-state index in [1.54, 1.807) is 0 Å². The van der Waals surface area contributed by atoms with Gasteiger partial charge in [-0.1, -0.05) is 27.2 Å². The van der Waals surface area contributed by atoms with Crippen molar-refractivity contribution >= 4 is 9.24 Å². The molecule has 1 saturated carbocycles. The van der Waals surface area contributed by atoms with Crippen LogP contribution in [-0.2, 0) is 0 Å². The van der Waals surface area contributed by atoms with E-state index in [1.165, 1.54) is 25.7 Å². The third kappa shape index (κ3) is 2.75. The molecule has 0 heterocycles. The molecule has 0 aromatic carbocycles. The first kappa shape index (κ1) is 9.52. The first-order valence-electron chi connectivity index (χ1n) is 4.76. The lowest BCUT2D eigenvalue weighted by Gasteiger charge is -2.36. The van der Waals surface area contributed by atoms with Gasteiger partial charge in [0.2, 0.25) is 0 Å². The highest BCUT2D eigenvalue weighted by Gasteiger charge is 2.28. The Morgan fingerprint density at radius 2 is 1.82 bits per heavy atom. The van der Waals surface area contributed by atoms with Crippen molar-refractivity contribution in [3.8, 4) is 0 Å². The van der Waals surface area contributed by atoms with Crippen LogP contribution in [0.15, 0.2) is 0 Å². The standard InChI is InChI=1S/C10H21P/c1-10(2,3)8-5-4-6-9(11)7-8/h8-9H,4-7,11H2,1-3H3. The minimum atomic E-state index is 0.537. The first-order chi connectivity index (χ1) is 5.00. The van der Waals surface area contributed by atoms with E-state index in [0.29, 0.717) is 5.41 Å². The number of hydrogen-bond donors (Lipinski definition) is 0. The molecule has 3 atom stereocenters. The summed E-state index contributed by atoms with van der Waals surface area (Å²) in [6, 6.07) is 0. The average Bonchev–Trinajstić information content (AvgIpc) is 1.86. The fourth-order valence-corrected chi connectivity index (χ4v) is 2.58. The Kier molecular flexibility index (Phi) is 2.97. The van der Waals surface area contributed by atoms with Gasteiger partial charge in [0.25, 0.3) is 0 Å². The molecule has 3 unspecified atom stereocenters. The van der Waals surface area contributed by atoms with Crippen LogP contribution in [0.3, 0.4) is 0 Å². The molecule has 0 amide bonds. The molecule has 0 radical (unpaired) electrons. The molecule has 0 bridgehead atoms. The van der Waals surface area contributed by atoms with E-state index in [2.05, 4.69) is 30.0 Å². The Balaban J connectivity index is 2.46. The number of rotatable bonds is 0. The van der Waals surface area contributed by atoms with Crippen molar-refractivity contribution < 1.29 is 0 Å². The Labute approximate surface area is 73.3 Å².